The summed E-state index contributed by atoms with van der Waals surface area (Å²) in [5.41, 5.74) is 9.32. The van der Waals surface area contributed by atoms with Gasteiger partial charge in [0.2, 0.25) is 0 Å². The second kappa shape index (κ2) is 9.36. The van der Waals surface area contributed by atoms with Gasteiger partial charge in [0.1, 0.15) is 11.2 Å². The van der Waals surface area contributed by atoms with E-state index in [9.17, 15) is 0 Å². The van der Waals surface area contributed by atoms with Gasteiger partial charge in [0.05, 0.1) is 26.9 Å². The molecular weight excluding hydrogens is 571 g/mol. The molecule has 0 amide bonds. The van der Waals surface area contributed by atoms with E-state index in [1.807, 2.05) is 36.4 Å². The van der Waals surface area contributed by atoms with Crippen LogP contribution in [0.15, 0.2) is 144 Å². The van der Waals surface area contributed by atoms with E-state index in [1.165, 1.54) is 21.0 Å². The van der Waals surface area contributed by atoms with Gasteiger partial charge in [0, 0.05) is 48.4 Å². The van der Waals surface area contributed by atoms with Crippen molar-refractivity contribution in [2.45, 2.75) is 0 Å². The molecule has 210 valence electrons. The fourth-order valence-corrected chi connectivity index (χ4v) is 8.02. The van der Waals surface area contributed by atoms with Gasteiger partial charge >= 0.3 is 0 Å². The second-order valence-electron chi connectivity index (χ2n) is 11.4. The van der Waals surface area contributed by atoms with Crippen LogP contribution < -0.4 is 0 Å². The topological polar surface area (TPSA) is 43.9 Å². The number of aromatic nitrogens is 3. The molecule has 0 saturated heterocycles. The van der Waals surface area contributed by atoms with Crippen molar-refractivity contribution >= 4 is 75.4 Å². The number of nitrogens with zero attached hydrogens (tertiary/aromatic N) is 3. The zero-order valence-electron chi connectivity index (χ0n) is 23.9. The zero-order valence-corrected chi connectivity index (χ0v) is 24.8. The standard InChI is InChI=1S/C40H23N3OS/c1-3-11-24(12-4-1)37-39-38(42-40(41-37)25-13-5-2-6-14-25)29-20-19-26(23-34(29)45-39)43-30-17-9-7-15-27(30)35-31(43)21-22-33-36(35)28-16-8-10-18-32(28)44-33/h1-23H. The lowest BCUT2D eigenvalue weighted by Gasteiger charge is -2.08. The van der Waals surface area contributed by atoms with Gasteiger partial charge in [-0.3, -0.25) is 0 Å². The molecule has 0 saturated carbocycles. The molecule has 0 radical (unpaired) electrons. The maximum atomic E-state index is 6.28. The molecule has 10 aromatic rings. The van der Waals surface area contributed by atoms with E-state index < -0.39 is 0 Å². The summed E-state index contributed by atoms with van der Waals surface area (Å²) in [6.45, 7) is 0. The number of hydrogen-bond acceptors (Lipinski definition) is 4. The van der Waals surface area contributed by atoms with Gasteiger partial charge in [-0.05, 0) is 42.5 Å². The summed E-state index contributed by atoms with van der Waals surface area (Å²) >= 11 is 1.76. The van der Waals surface area contributed by atoms with Crippen LogP contribution in [0.1, 0.15) is 0 Å². The summed E-state index contributed by atoms with van der Waals surface area (Å²) in [6, 6.07) is 48.7. The Morgan fingerprint density at radius 2 is 1.27 bits per heavy atom. The predicted octanol–water partition coefficient (Wildman–Crippen LogP) is 11.2. The van der Waals surface area contributed by atoms with Crippen molar-refractivity contribution in [1.29, 1.82) is 0 Å². The van der Waals surface area contributed by atoms with Gasteiger partial charge in [0.25, 0.3) is 0 Å². The van der Waals surface area contributed by atoms with Gasteiger partial charge in [-0.25, -0.2) is 9.97 Å². The van der Waals surface area contributed by atoms with Crippen molar-refractivity contribution in [3.05, 3.63) is 140 Å². The third-order valence-electron chi connectivity index (χ3n) is 8.81. The first kappa shape index (κ1) is 24.6. The number of thiophene rings is 1. The molecular formula is C40H23N3OS. The monoisotopic (exact) mass is 593 g/mol. The van der Waals surface area contributed by atoms with E-state index in [0.717, 1.165) is 71.4 Å². The van der Waals surface area contributed by atoms with Crippen LogP contribution in [0.5, 0.6) is 0 Å². The normalized spacial score (nSPS) is 12.0. The Morgan fingerprint density at radius 3 is 2.11 bits per heavy atom. The summed E-state index contributed by atoms with van der Waals surface area (Å²) in [4.78, 5) is 10.3. The van der Waals surface area contributed by atoms with Crippen LogP contribution in [0.3, 0.4) is 0 Å². The van der Waals surface area contributed by atoms with Crippen LogP contribution in [0.4, 0.5) is 0 Å². The Hall–Kier alpha value is -5.78. The van der Waals surface area contributed by atoms with Crippen LogP contribution >= 0.6 is 11.3 Å². The maximum Gasteiger partial charge on any atom is 0.160 e. The third-order valence-corrected chi connectivity index (χ3v) is 9.96. The fourth-order valence-electron chi connectivity index (χ4n) is 6.83. The minimum absolute atomic E-state index is 0.740. The highest BCUT2D eigenvalue weighted by molar-refractivity contribution is 7.26. The number of benzene rings is 6. The average molecular weight is 594 g/mol. The Labute approximate surface area is 261 Å². The molecule has 0 spiro atoms. The molecule has 6 aromatic carbocycles. The van der Waals surface area contributed by atoms with Crippen LogP contribution in [-0.2, 0) is 0 Å². The van der Waals surface area contributed by atoms with Gasteiger partial charge in [-0.2, -0.15) is 0 Å². The average Bonchev–Trinajstić information content (AvgIpc) is 3.77. The van der Waals surface area contributed by atoms with Crippen molar-refractivity contribution in [3.63, 3.8) is 0 Å². The highest BCUT2D eigenvalue weighted by Gasteiger charge is 2.20. The van der Waals surface area contributed by atoms with E-state index in [-0.39, 0.29) is 0 Å². The highest BCUT2D eigenvalue weighted by Crippen LogP contribution is 2.43. The van der Waals surface area contributed by atoms with Crippen LogP contribution in [0, 0.1) is 0 Å². The van der Waals surface area contributed by atoms with E-state index in [0.29, 0.717) is 0 Å². The van der Waals surface area contributed by atoms with Gasteiger partial charge in [-0.15, -0.1) is 11.3 Å². The number of furan rings is 1. The van der Waals surface area contributed by atoms with Crippen LogP contribution in [0.2, 0.25) is 0 Å². The third kappa shape index (κ3) is 3.59. The first-order chi connectivity index (χ1) is 22.3. The lowest BCUT2D eigenvalue weighted by Crippen LogP contribution is -1.94. The van der Waals surface area contributed by atoms with Crippen molar-refractivity contribution in [2.75, 3.05) is 0 Å². The molecule has 45 heavy (non-hydrogen) atoms. The summed E-state index contributed by atoms with van der Waals surface area (Å²) in [5, 5.41) is 5.87. The lowest BCUT2D eigenvalue weighted by atomic mass is 10.1. The fraction of sp³-hybridized carbons (Fsp3) is 0. The molecule has 4 nitrogen and oxygen atoms in total. The predicted molar refractivity (Wildman–Crippen MR) is 187 cm³/mol. The van der Waals surface area contributed by atoms with E-state index >= 15 is 0 Å². The molecule has 10 rings (SSSR count). The molecule has 0 aliphatic carbocycles. The minimum Gasteiger partial charge on any atom is -0.456 e. The molecule has 0 N–H and O–H groups in total. The Bertz CT molecular complexity index is 2760. The molecule has 0 aliphatic rings. The summed E-state index contributed by atoms with van der Waals surface area (Å²) in [7, 11) is 0. The highest BCUT2D eigenvalue weighted by atomic mass is 32.1. The summed E-state index contributed by atoms with van der Waals surface area (Å²) in [5.74, 6) is 0.740. The molecule has 4 aromatic heterocycles. The maximum absolute atomic E-state index is 6.28. The number of fused-ring (bicyclic) bond motifs is 10. The molecule has 0 bridgehead atoms. The van der Waals surface area contributed by atoms with Crippen molar-refractivity contribution < 1.29 is 4.42 Å². The molecule has 4 heterocycles. The number of rotatable bonds is 3. The lowest BCUT2D eigenvalue weighted by molar-refractivity contribution is 0.669. The van der Waals surface area contributed by atoms with Crippen LogP contribution in [0.25, 0.3) is 92.4 Å². The Kier molecular flexibility index (Phi) is 5.12. The smallest absolute Gasteiger partial charge is 0.160 e. The molecule has 0 fully saturated rings. The molecule has 0 unspecified atom stereocenters. The van der Waals surface area contributed by atoms with E-state index in [4.69, 9.17) is 14.4 Å². The SMILES string of the molecule is c1ccc(-c2nc(-c3ccccc3)c3sc4cc(-n5c6ccccc6c6c7c(ccc65)oc5ccccc57)ccc4c3n2)cc1. The van der Waals surface area contributed by atoms with Gasteiger partial charge < -0.3 is 8.98 Å². The van der Waals surface area contributed by atoms with Gasteiger partial charge in [-0.1, -0.05) is 97.1 Å². The first-order valence-corrected chi connectivity index (χ1v) is 15.8. The summed E-state index contributed by atoms with van der Waals surface area (Å²) in [6.07, 6.45) is 0. The minimum atomic E-state index is 0.740. The van der Waals surface area contributed by atoms with Crippen molar-refractivity contribution in [3.8, 4) is 28.3 Å². The largest absolute Gasteiger partial charge is 0.456 e. The van der Waals surface area contributed by atoms with Crippen molar-refractivity contribution in [1.82, 2.24) is 14.5 Å². The first-order valence-electron chi connectivity index (χ1n) is 15.0. The molecule has 5 heteroatoms. The van der Waals surface area contributed by atoms with Gasteiger partial charge in [0.15, 0.2) is 5.82 Å². The molecule has 0 aliphatic heterocycles. The summed E-state index contributed by atoms with van der Waals surface area (Å²) < 4.78 is 10.9. The van der Waals surface area contributed by atoms with Crippen molar-refractivity contribution in [2.24, 2.45) is 0 Å². The van der Waals surface area contributed by atoms with E-state index in [1.54, 1.807) is 11.3 Å². The quantitative estimate of drug-likeness (QED) is 0.205. The number of para-hydroxylation sites is 2. The Morgan fingerprint density at radius 1 is 0.533 bits per heavy atom. The Balaban J connectivity index is 1.26. The number of hydrogen-bond donors (Lipinski definition) is 0. The van der Waals surface area contributed by atoms with E-state index in [2.05, 4.69) is 108 Å². The van der Waals surface area contributed by atoms with Crippen LogP contribution in [-0.4, -0.2) is 14.5 Å². The zero-order chi connectivity index (χ0) is 29.5. The molecule has 0 atom stereocenters. The second-order valence-corrected chi connectivity index (χ2v) is 12.4.